The lowest BCUT2D eigenvalue weighted by Crippen LogP contribution is -2.13. The fraction of sp³-hybridized carbons (Fsp3) is 0.0667. The van der Waals surface area contributed by atoms with Gasteiger partial charge >= 0.3 is 0 Å². The van der Waals surface area contributed by atoms with E-state index in [0.29, 0.717) is 10.9 Å². The van der Waals surface area contributed by atoms with Crippen LogP contribution in [0.3, 0.4) is 0 Å². The molecule has 0 radical (unpaired) electrons. The van der Waals surface area contributed by atoms with Gasteiger partial charge in [-0.2, -0.15) is 0 Å². The van der Waals surface area contributed by atoms with Crippen LogP contribution in [0.2, 0.25) is 0 Å². The van der Waals surface area contributed by atoms with E-state index >= 15 is 0 Å². The molecule has 1 amide bonds. The van der Waals surface area contributed by atoms with Crippen LogP contribution in [0.4, 0.5) is 10.2 Å². The highest BCUT2D eigenvalue weighted by Crippen LogP contribution is 2.28. The lowest BCUT2D eigenvalue weighted by Gasteiger charge is -2.04. The highest BCUT2D eigenvalue weighted by Gasteiger charge is 2.20. The van der Waals surface area contributed by atoms with Crippen molar-refractivity contribution in [3.8, 4) is 5.75 Å². The first kappa shape index (κ1) is 13.1. The number of halogens is 1. The average molecular weight is 286 g/mol. The van der Waals surface area contributed by atoms with Gasteiger partial charge in [0.15, 0.2) is 28.7 Å². The first-order chi connectivity index (χ1) is 10.1. The molecule has 0 aliphatic rings. The molecular weight excluding hydrogens is 275 g/mol. The summed E-state index contributed by atoms with van der Waals surface area (Å²) in [5.74, 6) is -1.29. The Morgan fingerprint density at radius 1 is 1.33 bits per heavy atom. The smallest absolute Gasteiger partial charge is 0.292 e. The van der Waals surface area contributed by atoms with Gasteiger partial charge < -0.3 is 14.8 Å². The topological polar surface area (TPSA) is 75.4 Å². The molecule has 0 saturated heterocycles. The molecule has 0 spiro atoms. The van der Waals surface area contributed by atoms with Crippen LogP contribution in [0.25, 0.3) is 11.0 Å². The number of nitrogens with zero attached hydrogens (tertiary/aromatic N) is 1. The molecule has 0 aliphatic carbocycles. The largest absolute Gasteiger partial charge is 0.504 e. The minimum Gasteiger partial charge on any atom is -0.504 e. The monoisotopic (exact) mass is 286 g/mol. The van der Waals surface area contributed by atoms with E-state index < -0.39 is 11.7 Å². The van der Waals surface area contributed by atoms with Crippen molar-refractivity contribution < 1.29 is 18.7 Å². The first-order valence-corrected chi connectivity index (χ1v) is 6.21. The fourth-order valence-corrected chi connectivity index (χ4v) is 2.08. The number of aromatic nitrogens is 1. The maximum absolute atomic E-state index is 13.7. The summed E-state index contributed by atoms with van der Waals surface area (Å²) in [5.41, 5.74) is 0.558. The van der Waals surface area contributed by atoms with Crippen LogP contribution < -0.4 is 5.32 Å². The van der Waals surface area contributed by atoms with Crippen molar-refractivity contribution in [3.05, 3.63) is 53.7 Å². The summed E-state index contributed by atoms with van der Waals surface area (Å²) in [4.78, 5) is 16.0. The molecule has 1 aromatic carbocycles. The third kappa shape index (κ3) is 2.20. The molecule has 2 aromatic heterocycles. The second-order valence-corrected chi connectivity index (χ2v) is 4.50. The molecule has 0 unspecified atom stereocenters. The van der Waals surface area contributed by atoms with E-state index in [1.807, 2.05) is 0 Å². The quantitative estimate of drug-likeness (QED) is 0.758. The molecular formula is C15H11FN2O3. The predicted octanol–water partition coefficient (Wildman–Crippen LogP) is 3.23. The number of aryl methyl sites for hydroxylation is 1. The number of pyridine rings is 1. The minimum atomic E-state index is -0.600. The van der Waals surface area contributed by atoms with E-state index in [2.05, 4.69) is 10.3 Å². The van der Waals surface area contributed by atoms with Gasteiger partial charge in [0.1, 0.15) is 0 Å². The Bertz CT molecular complexity index is 842. The summed E-state index contributed by atoms with van der Waals surface area (Å²) in [7, 11) is 0. The first-order valence-electron chi connectivity index (χ1n) is 6.21. The summed E-state index contributed by atoms with van der Waals surface area (Å²) in [5, 5.41) is 12.6. The Morgan fingerprint density at radius 3 is 2.86 bits per heavy atom. The number of benzene rings is 1. The number of hydrogen-bond donors (Lipinski definition) is 2. The van der Waals surface area contributed by atoms with Crippen LogP contribution in [0.1, 0.15) is 16.1 Å². The van der Waals surface area contributed by atoms with Gasteiger partial charge in [-0.3, -0.25) is 4.79 Å². The molecule has 0 bridgehead atoms. The van der Waals surface area contributed by atoms with Crippen molar-refractivity contribution in [1.29, 1.82) is 0 Å². The van der Waals surface area contributed by atoms with Gasteiger partial charge in [0.05, 0.1) is 0 Å². The van der Waals surface area contributed by atoms with Gasteiger partial charge in [-0.15, -0.1) is 0 Å². The molecule has 21 heavy (non-hydrogen) atoms. The maximum Gasteiger partial charge on any atom is 0.292 e. The number of rotatable bonds is 2. The Labute approximate surface area is 119 Å². The number of amides is 1. The van der Waals surface area contributed by atoms with E-state index in [4.69, 9.17) is 4.42 Å². The van der Waals surface area contributed by atoms with Crippen LogP contribution in [0, 0.1) is 12.7 Å². The molecule has 0 saturated carbocycles. The number of anilines is 1. The normalized spacial score (nSPS) is 10.8. The Hall–Kier alpha value is -2.89. The minimum absolute atomic E-state index is 0.0137. The van der Waals surface area contributed by atoms with Crippen LogP contribution in [0.15, 0.2) is 40.9 Å². The lowest BCUT2D eigenvalue weighted by atomic mass is 10.1. The number of para-hydroxylation sites is 1. The van der Waals surface area contributed by atoms with Gasteiger partial charge in [-0.25, -0.2) is 9.37 Å². The third-order valence-electron chi connectivity index (χ3n) is 3.14. The summed E-state index contributed by atoms with van der Waals surface area (Å²) in [6.07, 6.45) is 1.43. The second-order valence-electron chi connectivity index (χ2n) is 4.50. The molecule has 6 heteroatoms. The maximum atomic E-state index is 13.7. The van der Waals surface area contributed by atoms with E-state index in [-0.39, 0.29) is 22.9 Å². The zero-order valence-corrected chi connectivity index (χ0v) is 11.1. The molecule has 106 valence electrons. The number of furan rings is 1. The van der Waals surface area contributed by atoms with Gasteiger partial charge in [0.2, 0.25) is 0 Å². The van der Waals surface area contributed by atoms with E-state index in [1.165, 1.54) is 24.4 Å². The molecule has 5 nitrogen and oxygen atoms in total. The Balaban J connectivity index is 2.01. The molecule has 0 aliphatic heterocycles. The number of aromatic hydroxyl groups is 1. The fourth-order valence-electron chi connectivity index (χ4n) is 2.08. The molecule has 0 fully saturated rings. The van der Waals surface area contributed by atoms with Crippen LogP contribution >= 0.6 is 0 Å². The third-order valence-corrected chi connectivity index (χ3v) is 3.14. The Morgan fingerprint density at radius 2 is 2.14 bits per heavy atom. The van der Waals surface area contributed by atoms with Crippen molar-refractivity contribution >= 4 is 22.7 Å². The molecule has 3 rings (SSSR count). The summed E-state index contributed by atoms with van der Waals surface area (Å²) >= 11 is 0. The van der Waals surface area contributed by atoms with Gasteiger partial charge in [-0.05, 0) is 25.1 Å². The average Bonchev–Trinajstić information content (AvgIpc) is 2.81. The molecule has 3 aromatic rings. The van der Waals surface area contributed by atoms with Gasteiger partial charge in [-0.1, -0.05) is 12.1 Å². The summed E-state index contributed by atoms with van der Waals surface area (Å²) in [6, 6.07) is 7.41. The van der Waals surface area contributed by atoms with Gasteiger partial charge in [0, 0.05) is 17.1 Å². The molecule has 0 atom stereocenters. The summed E-state index contributed by atoms with van der Waals surface area (Å²) < 4.78 is 19.0. The van der Waals surface area contributed by atoms with E-state index in [0.717, 1.165) is 0 Å². The molecule has 2 heterocycles. The van der Waals surface area contributed by atoms with Crippen molar-refractivity contribution in [2.24, 2.45) is 0 Å². The van der Waals surface area contributed by atoms with Crippen molar-refractivity contribution in [1.82, 2.24) is 4.98 Å². The van der Waals surface area contributed by atoms with Crippen molar-refractivity contribution in [2.75, 3.05) is 5.32 Å². The van der Waals surface area contributed by atoms with E-state index in [9.17, 15) is 14.3 Å². The highest BCUT2D eigenvalue weighted by atomic mass is 19.1. The molecule has 2 N–H and O–H groups in total. The predicted molar refractivity (Wildman–Crippen MR) is 74.8 cm³/mol. The zero-order chi connectivity index (χ0) is 15.0. The highest BCUT2D eigenvalue weighted by molar-refractivity contribution is 6.06. The SMILES string of the molecule is Cc1c(C(=O)Nc2ncccc2O)oc2c(F)cccc12. The Kier molecular flexibility index (Phi) is 3.06. The lowest BCUT2D eigenvalue weighted by molar-refractivity contribution is 0.0997. The van der Waals surface area contributed by atoms with Crippen LogP contribution in [-0.2, 0) is 0 Å². The summed E-state index contributed by atoms with van der Waals surface area (Å²) in [6.45, 7) is 1.67. The second kappa shape index (κ2) is 4.90. The number of carbonyl (C=O) groups is 1. The van der Waals surface area contributed by atoms with Gasteiger partial charge in [0.25, 0.3) is 5.91 Å². The number of fused-ring (bicyclic) bond motifs is 1. The number of carbonyl (C=O) groups excluding carboxylic acids is 1. The standard InChI is InChI=1S/C15H11FN2O3/c1-8-9-4-2-5-10(16)13(9)21-12(8)15(20)18-14-11(19)6-3-7-17-14/h2-7,19H,1H3,(H,17,18,20). The zero-order valence-electron chi connectivity index (χ0n) is 11.1. The number of hydrogen-bond acceptors (Lipinski definition) is 4. The van der Waals surface area contributed by atoms with Crippen molar-refractivity contribution in [3.63, 3.8) is 0 Å². The van der Waals surface area contributed by atoms with Crippen LogP contribution in [0.5, 0.6) is 5.75 Å². The van der Waals surface area contributed by atoms with Crippen molar-refractivity contribution in [2.45, 2.75) is 6.92 Å². The van der Waals surface area contributed by atoms with Crippen LogP contribution in [-0.4, -0.2) is 16.0 Å². The number of nitrogens with one attached hydrogen (secondary N) is 1. The van der Waals surface area contributed by atoms with E-state index in [1.54, 1.807) is 19.1 Å².